The molecule has 0 saturated carbocycles. The van der Waals surface area contributed by atoms with Crippen LogP contribution in [0.5, 0.6) is 5.75 Å². The lowest BCUT2D eigenvalue weighted by atomic mass is 9.85. The number of fused-ring (bicyclic) bond motifs is 2. The molecule has 6 nitrogen and oxygen atoms in total. The summed E-state index contributed by atoms with van der Waals surface area (Å²) in [5, 5.41) is 0.689. The van der Waals surface area contributed by atoms with Gasteiger partial charge in [0.15, 0.2) is 0 Å². The molecule has 0 unspecified atom stereocenters. The number of rotatable bonds is 3. The molecule has 1 aliphatic heterocycles. The highest BCUT2D eigenvalue weighted by molar-refractivity contribution is 6.05. The van der Waals surface area contributed by atoms with Gasteiger partial charge < -0.3 is 9.15 Å². The zero-order valence-electron chi connectivity index (χ0n) is 13.7. The number of methoxy groups -OCH3 is 1. The van der Waals surface area contributed by atoms with E-state index in [9.17, 15) is 14.4 Å². The predicted octanol–water partition coefficient (Wildman–Crippen LogP) is 2.25. The average Bonchev–Trinajstić information content (AvgIpc) is 2.86. The van der Waals surface area contributed by atoms with E-state index >= 15 is 0 Å². The molecular formula is C19H17NO5. The van der Waals surface area contributed by atoms with Gasteiger partial charge in [0.25, 0.3) is 0 Å². The Kier molecular flexibility index (Phi) is 3.67. The first-order valence-electron chi connectivity index (χ1n) is 8.19. The molecule has 1 aromatic carbocycles. The first-order chi connectivity index (χ1) is 12.1. The Morgan fingerprint density at radius 3 is 2.40 bits per heavy atom. The lowest BCUT2D eigenvalue weighted by Crippen LogP contribution is -2.31. The van der Waals surface area contributed by atoms with Gasteiger partial charge in [0, 0.05) is 17.5 Å². The molecule has 2 amide bonds. The summed E-state index contributed by atoms with van der Waals surface area (Å²) in [6, 6.07) is 6.49. The normalized spacial score (nSPS) is 22.5. The van der Waals surface area contributed by atoms with E-state index in [1.165, 1.54) is 18.1 Å². The van der Waals surface area contributed by atoms with E-state index in [2.05, 4.69) is 0 Å². The van der Waals surface area contributed by atoms with Crippen molar-refractivity contribution in [1.82, 2.24) is 4.90 Å². The van der Waals surface area contributed by atoms with Crippen molar-refractivity contribution >= 4 is 22.8 Å². The SMILES string of the molecule is COc1ccc2c(CN3C(=O)[C@@H]4CC=CC[C@H]4C3=O)cc(=O)oc2c1. The zero-order valence-corrected chi connectivity index (χ0v) is 13.7. The van der Waals surface area contributed by atoms with Crippen molar-refractivity contribution < 1.29 is 18.7 Å². The molecule has 2 heterocycles. The minimum atomic E-state index is -0.520. The van der Waals surface area contributed by atoms with Crippen LogP contribution in [0.4, 0.5) is 0 Å². The second-order valence-electron chi connectivity index (χ2n) is 6.37. The molecule has 0 radical (unpaired) electrons. The first kappa shape index (κ1) is 15.6. The van der Waals surface area contributed by atoms with E-state index in [1.807, 2.05) is 12.2 Å². The van der Waals surface area contributed by atoms with Gasteiger partial charge in [-0.25, -0.2) is 4.79 Å². The molecule has 2 atom stereocenters. The second kappa shape index (κ2) is 5.88. The van der Waals surface area contributed by atoms with Crippen molar-refractivity contribution in [3.05, 3.63) is 52.4 Å². The number of hydrogen-bond donors (Lipinski definition) is 0. The van der Waals surface area contributed by atoms with Gasteiger partial charge in [-0.3, -0.25) is 14.5 Å². The molecule has 6 heteroatoms. The molecule has 25 heavy (non-hydrogen) atoms. The summed E-state index contributed by atoms with van der Waals surface area (Å²) >= 11 is 0. The van der Waals surface area contributed by atoms with Crippen LogP contribution in [0.1, 0.15) is 18.4 Å². The topological polar surface area (TPSA) is 76.8 Å². The molecule has 2 aliphatic rings. The van der Waals surface area contributed by atoms with Crippen molar-refractivity contribution in [2.24, 2.45) is 11.8 Å². The number of likely N-dealkylation sites (tertiary alicyclic amines) is 1. The third kappa shape index (κ3) is 2.54. The summed E-state index contributed by atoms with van der Waals surface area (Å²) in [4.78, 5) is 38.4. The van der Waals surface area contributed by atoms with Gasteiger partial charge in [-0.1, -0.05) is 12.2 Å². The maximum absolute atomic E-state index is 12.6. The molecule has 128 valence electrons. The minimum Gasteiger partial charge on any atom is -0.497 e. The Morgan fingerprint density at radius 1 is 1.08 bits per heavy atom. The molecule has 1 aliphatic carbocycles. The van der Waals surface area contributed by atoms with Gasteiger partial charge in [0.05, 0.1) is 25.5 Å². The lowest BCUT2D eigenvalue weighted by Gasteiger charge is -2.16. The van der Waals surface area contributed by atoms with Crippen molar-refractivity contribution in [2.45, 2.75) is 19.4 Å². The molecule has 1 saturated heterocycles. The number of allylic oxidation sites excluding steroid dienone is 2. The van der Waals surface area contributed by atoms with Gasteiger partial charge in [0.1, 0.15) is 11.3 Å². The molecule has 2 aromatic rings. The van der Waals surface area contributed by atoms with E-state index < -0.39 is 5.63 Å². The first-order valence-corrected chi connectivity index (χ1v) is 8.19. The highest BCUT2D eigenvalue weighted by Crippen LogP contribution is 2.36. The predicted molar refractivity (Wildman–Crippen MR) is 89.9 cm³/mol. The zero-order chi connectivity index (χ0) is 17.6. The summed E-state index contributed by atoms with van der Waals surface area (Å²) in [5.41, 5.74) is 0.455. The van der Waals surface area contributed by atoms with E-state index in [-0.39, 0.29) is 30.2 Å². The van der Waals surface area contributed by atoms with E-state index in [0.29, 0.717) is 35.1 Å². The fraction of sp³-hybridized carbons (Fsp3) is 0.316. The number of carbonyl (C=O) groups is 2. The Labute approximate surface area is 143 Å². The highest BCUT2D eigenvalue weighted by Gasteiger charge is 2.47. The summed E-state index contributed by atoms with van der Waals surface area (Å²) in [6.07, 6.45) is 5.10. The van der Waals surface area contributed by atoms with Gasteiger partial charge in [-0.15, -0.1) is 0 Å². The van der Waals surface area contributed by atoms with Crippen molar-refractivity contribution in [3.8, 4) is 5.75 Å². The fourth-order valence-electron chi connectivity index (χ4n) is 3.66. The van der Waals surface area contributed by atoms with Crippen LogP contribution in [0, 0.1) is 11.8 Å². The van der Waals surface area contributed by atoms with Gasteiger partial charge in [0.2, 0.25) is 11.8 Å². The van der Waals surface area contributed by atoms with Crippen LogP contribution in [0.15, 0.2) is 45.6 Å². The quantitative estimate of drug-likeness (QED) is 0.487. The van der Waals surface area contributed by atoms with E-state index in [1.54, 1.807) is 18.2 Å². The third-order valence-corrected chi connectivity index (χ3v) is 4.96. The molecule has 0 spiro atoms. The molecule has 0 bridgehead atoms. The largest absolute Gasteiger partial charge is 0.497 e. The minimum absolute atomic E-state index is 0.0824. The number of nitrogens with zero attached hydrogens (tertiary/aromatic N) is 1. The highest BCUT2D eigenvalue weighted by atomic mass is 16.5. The maximum Gasteiger partial charge on any atom is 0.336 e. The van der Waals surface area contributed by atoms with Crippen LogP contribution in [-0.4, -0.2) is 23.8 Å². The van der Waals surface area contributed by atoms with Gasteiger partial charge >= 0.3 is 5.63 Å². The molecule has 4 rings (SSSR count). The number of carbonyl (C=O) groups excluding carboxylic acids is 2. The number of hydrogen-bond acceptors (Lipinski definition) is 5. The third-order valence-electron chi connectivity index (χ3n) is 4.96. The van der Waals surface area contributed by atoms with Gasteiger partial charge in [-0.05, 0) is 30.5 Å². The van der Waals surface area contributed by atoms with Crippen LogP contribution in [0.3, 0.4) is 0 Å². The Hall–Kier alpha value is -2.89. The standard InChI is InChI=1S/C19H17NO5/c1-24-12-6-7-13-11(8-17(21)25-16(13)9-12)10-20-18(22)14-4-2-3-5-15(14)19(20)23/h2-3,6-9,14-15H,4-5,10H2,1H3/t14-,15-/m1/s1. The smallest absolute Gasteiger partial charge is 0.336 e. The summed E-state index contributed by atoms with van der Waals surface area (Å²) in [7, 11) is 1.53. The monoisotopic (exact) mass is 339 g/mol. The summed E-state index contributed by atoms with van der Waals surface area (Å²) in [6.45, 7) is 0.0824. The number of ether oxygens (including phenoxy) is 1. The van der Waals surface area contributed by atoms with Crippen molar-refractivity contribution in [3.63, 3.8) is 0 Å². The second-order valence-corrected chi connectivity index (χ2v) is 6.37. The Balaban J connectivity index is 1.72. The Morgan fingerprint density at radius 2 is 1.76 bits per heavy atom. The van der Waals surface area contributed by atoms with Gasteiger partial charge in [-0.2, -0.15) is 0 Å². The maximum atomic E-state index is 12.6. The summed E-state index contributed by atoms with van der Waals surface area (Å²) in [5.74, 6) is -0.297. The van der Waals surface area contributed by atoms with Crippen LogP contribution < -0.4 is 10.4 Å². The van der Waals surface area contributed by atoms with Crippen LogP contribution in [-0.2, 0) is 16.1 Å². The van der Waals surface area contributed by atoms with Crippen LogP contribution >= 0.6 is 0 Å². The molecule has 1 aromatic heterocycles. The van der Waals surface area contributed by atoms with Crippen molar-refractivity contribution in [2.75, 3.05) is 7.11 Å². The van der Waals surface area contributed by atoms with Crippen LogP contribution in [0.2, 0.25) is 0 Å². The molecule has 0 N–H and O–H groups in total. The number of amides is 2. The fourth-order valence-corrected chi connectivity index (χ4v) is 3.66. The van der Waals surface area contributed by atoms with E-state index in [4.69, 9.17) is 9.15 Å². The van der Waals surface area contributed by atoms with Crippen LogP contribution in [0.25, 0.3) is 11.0 Å². The number of imide groups is 1. The Bertz CT molecular complexity index is 932. The molecule has 1 fully saturated rings. The van der Waals surface area contributed by atoms with E-state index in [0.717, 1.165) is 0 Å². The average molecular weight is 339 g/mol. The lowest BCUT2D eigenvalue weighted by molar-refractivity contribution is -0.140. The summed E-state index contributed by atoms with van der Waals surface area (Å²) < 4.78 is 10.4. The molecular weight excluding hydrogens is 322 g/mol. The van der Waals surface area contributed by atoms with Crippen molar-refractivity contribution in [1.29, 1.82) is 0 Å². The number of benzene rings is 1.